The van der Waals surface area contributed by atoms with Gasteiger partial charge in [0.2, 0.25) is 0 Å². The van der Waals surface area contributed by atoms with Crippen LogP contribution in [0.15, 0.2) is 42.5 Å². The molecule has 0 aromatic heterocycles. The Morgan fingerprint density at radius 3 is 2.33 bits per heavy atom. The molecule has 0 amide bonds. The minimum absolute atomic E-state index is 0.0430. The molecule has 0 spiro atoms. The van der Waals surface area contributed by atoms with E-state index >= 15 is 0 Å². The summed E-state index contributed by atoms with van der Waals surface area (Å²) in [6, 6.07) is 14.6. The Bertz CT molecular complexity index is 593. The summed E-state index contributed by atoms with van der Waals surface area (Å²) in [4.78, 5) is 2.07. The van der Waals surface area contributed by atoms with E-state index in [-0.39, 0.29) is 6.04 Å². The van der Waals surface area contributed by atoms with E-state index in [0.29, 0.717) is 0 Å². The van der Waals surface area contributed by atoms with Gasteiger partial charge in [0, 0.05) is 24.8 Å². The molecule has 0 saturated heterocycles. The maximum absolute atomic E-state index is 6.31. The van der Waals surface area contributed by atoms with Gasteiger partial charge in [-0.05, 0) is 48.2 Å². The molecular formula is C17H22ClN3. The average molecular weight is 304 g/mol. The zero-order chi connectivity index (χ0) is 15.4. The van der Waals surface area contributed by atoms with Gasteiger partial charge in [-0.15, -0.1) is 0 Å². The second-order valence-corrected chi connectivity index (χ2v) is 5.91. The van der Waals surface area contributed by atoms with E-state index in [1.165, 1.54) is 5.69 Å². The molecule has 1 unspecified atom stereocenters. The number of halogens is 1. The Labute approximate surface area is 131 Å². The number of aryl methyl sites for hydroxylation is 1. The lowest BCUT2D eigenvalue weighted by Crippen LogP contribution is -2.29. The summed E-state index contributed by atoms with van der Waals surface area (Å²) in [7, 11) is 4.06. The normalized spacial score (nSPS) is 12.2. The maximum atomic E-state index is 6.31. The molecule has 2 rings (SSSR count). The van der Waals surface area contributed by atoms with Crippen LogP contribution < -0.4 is 16.2 Å². The number of benzene rings is 2. The predicted molar refractivity (Wildman–Crippen MR) is 90.7 cm³/mol. The van der Waals surface area contributed by atoms with Crippen LogP contribution in [-0.4, -0.2) is 14.1 Å². The molecule has 2 aromatic carbocycles. The molecule has 112 valence electrons. The van der Waals surface area contributed by atoms with Gasteiger partial charge in [0.25, 0.3) is 0 Å². The van der Waals surface area contributed by atoms with Crippen molar-refractivity contribution < 1.29 is 0 Å². The summed E-state index contributed by atoms with van der Waals surface area (Å²) in [5, 5.41) is 0.792. The van der Waals surface area contributed by atoms with Gasteiger partial charge in [-0.2, -0.15) is 0 Å². The number of nitrogens with two attached hydrogens (primary N) is 1. The summed E-state index contributed by atoms with van der Waals surface area (Å²) in [5.41, 5.74) is 7.47. The van der Waals surface area contributed by atoms with E-state index in [1.807, 2.05) is 27.1 Å². The summed E-state index contributed by atoms with van der Waals surface area (Å²) in [6.45, 7) is 2.04. The van der Waals surface area contributed by atoms with E-state index < -0.39 is 0 Å². The first kappa shape index (κ1) is 15.8. The lowest BCUT2D eigenvalue weighted by Gasteiger charge is -2.19. The van der Waals surface area contributed by atoms with E-state index in [2.05, 4.69) is 46.7 Å². The largest absolute Gasteiger partial charge is 0.378 e. The van der Waals surface area contributed by atoms with Crippen LogP contribution in [0.2, 0.25) is 5.02 Å². The highest BCUT2D eigenvalue weighted by atomic mass is 35.5. The number of hydrogen-bond acceptors (Lipinski definition) is 3. The third-order valence-electron chi connectivity index (χ3n) is 3.65. The van der Waals surface area contributed by atoms with E-state index in [4.69, 9.17) is 17.4 Å². The number of hydrogen-bond donors (Lipinski definition) is 2. The number of nitrogens with zero attached hydrogens (tertiary/aromatic N) is 1. The fourth-order valence-electron chi connectivity index (χ4n) is 2.32. The highest BCUT2D eigenvalue weighted by Crippen LogP contribution is 2.25. The lowest BCUT2D eigenvalue weighted by molar-refractivity contribution is 0.552. The second-order valence-electron chi connectivity index (χ2n) is 5.50. The van der Waals surface area contributed by atoms with Crippen molar-refractivity contribution in [3.05, 3.63) is 64.2 Å². The first-order valence-electron chi connectivity index (χ1n) is 6.99. The van der Waals surface area contributed by atoms with Crippen LogP contribution in [0.1, 0.15) is 22.7 Å². The van der Waals surface area contributed by atoms with Crippen LogP contribution in [0.3, 0.4) is 0 Å². The van der Waals surface area contributed by atoms with E-state index in [9.17, 15) is 0 Å². The van der Waals surface area contributed by atoms with Crippen molar-refractivity contribution >= 4 is 17.3 Å². The Morgan fingerprint density at radius 1 is 1.14 bits per heavy atom. The van der Waals surface area contributed by atoms with Crippen molar-refractivity contribution in [2.45, 2.75) is 19.4 Å². The maximum Gasteiger partial charge on any atom is 0.0500 e. The molecule has 0 aliphatic carbocycles. The molecule has 0 fully saturated rings. The molecule has 3 nitrogen and oxygen atoms in total. The molecule has 0 radical (unpaired) electrons. The second kappa shape index (κ2) is 6.94. The fraction of sp³-hybridized carbons (Fsp3) is 0.294. The van der Waals surface area contributed by atoms with Crippen LogP contribution in [0.25, 0.3) is 0 Å². The molecule has 3 N–H and O–H groups in total. The van der Waals surface area contributed by atoms with Crippen molar-refractivity contribution in [1.82, 2.24) is 5.43 Å². The Kier molecular flexibility index (Phi) is 5.23. The van der Waals surface area contributed by atoms with Crippen molar-refractivity contribution in [1.29, 1.82) is 0 Å². The molecular weight excluding hydrogens is 282 g/mol. The summed E-state index contributed by atoms with van der Waals surface area (Å²) >= 11 is 6.31. The Hall–Kier alpha value is -1.55. The zero-order valence-corrected chi connectivity index (χ0v) is 13.5. The molecule has 0 aliphatic heterocycles. The molecule has 2 aromatic rings. The molecule has 0 heterocycles. The van der Waals surface area contributed by atoms with Crippen molar-refractivity contribution in [2.75, 3.05) is 19.0 Å². The van der Waals surface area contributed by atoms with Gasteiger partial charge in [0.1, 0.15) is 0 Å². The van der Waals surface area contributed by atoms with Crippen molar-refractivity contribution in [3.63, 3.8) is 0 Å². The highest BCUT2D eigenvalue weighted by molar-refractivity contribution is 6.31. The van der Waals surface area contributed by atoms with Gasteiger partial charge in [-0.25, -0.2) is 0 Å². The lowest BCUT2D eigenvalue weighted by atomic mass is 9.98. The van der Waals surface area contributed by atoms with Gasteiger partial charge in [-0.1, -0.05) is 35.9 Å². The average Bonchev–Trinajstić information content (AvgIpc) is 2.47. The monoisotopic (exact) mass is 303 g/mol. The topological polar surface area (TPSA) is 41.3 Å². The summed E-state index contributed by atoms with van der Waals surface area (Å²) < 4.78 is 0. The number of anilines is 1. The van der Waals surface area contributed by atoms with Gasteiger partial charge < -0.3 is 4.90 Å². The predicted octanol–water partition coefficient (Wildman–Crippen LogP) is 3.46. The van der Waals surface area contributed by atoms with E-state index in [0.717, 1.165) is 28.1 Å². The van der Waals surface area contributed by atoms with E-state index in [1.54, 1.807) is 0 Å². The third-order valence-corrected chi connectivity index (χ3v) is 4.00. The van der Waals surface area contributed by atoms with Gasteiger partial charge in [-0.3, -0.25) is 11.3 Å². The minimum Gasteiger partial charge on any atom is -0.378 e. The molecule has 0 bridgehead atoms. The first-order chi connectivity index (χ1) is 10.0. The Morgan fingerprint density at radius 2 is 1.81 bits per heavy atom. The summed E-state index contributed by atoms with van der Waals surface area (Å²) in [6.07, 6.45) is 0.761. The third kappa shape index (κ3) is 3.97. The molecule has 0 aliphatic rings. The molecule has 0 saturated carbocycles. The van der Waals surface area contributed by atoms with Crippen LogP contribution >= 0.6 is 11.6 Å². The Balaban J connectivity index is 2.19. The standard InChI is InChI=1S/C17H22ClN3/c1-12-4-5-14(16(18)10-12)11-17(20-19)13-6-8-15(9-7-13)21(2)3/h4-10,17,20H,11,19H2,1-3H3. The number of nitrogens with one attached hydrogen (secondary N) is 1. The first-order valence-corrected chi connectivity index (χ1v) is 7.37. The quantitative estimate of drug-likeness (QED) is 0.656. The van der Waals surface area contributed by atoms with Crippen LogP contribution in [0.4, 0.5) is 5.69 Å². The number of hydrazine groups is 1. The highest BCUT2D eigenvalue weighted by Gasteiger charge is 2.13. The molecule has 4 heteroatoms. The molecule has 21 heavy (non-hydrogen) atoms. The van der Waals surface area contributed by atoms with Crippen LogP contribution in [0, 0.1) is 6.92 Å². The summed E-state index contributed by atoms with van der Waals surface area (Å²) in [5.74, 6) is 5.73. The van der Waals surface area contributed by atoms with Crippen LogP contribution in [-0.2, 0) is 6.42 Å². The SMILES string of the molecule is Cc1ccc(CC(NN)c2ccc(N(C)C)cc2)c(Cl)c1. The zero-order valence-electron chi connectivity index (χ0n) is 12.7. The van der Waals surface area contributed by atoms with Gasteiger partial charge in [0.05, 0.1) is 6.04 Å². The van der Waals surface area contributed by atoms with Crippen molar-refractivity contribution in [3.8, 4) is 0 Å². The van der Waals surface area contributed by atoms with Crippen molar-refractivity contribution in [2.24, 2.45) is 5.84 Å². The van der Waals surface area contributed by atoms with Gasteiger partial charge in [0.15, 0.2) is 0 Å². The smallest absolute Gasteiger partial charge is 0.0500 e. The van der Waals surface area contributed by atoms with Crippen LogP contribution in [0.5, 0.6) is 0 Å². The number of rotatable bonds is 5. The minimum atomic E-state index is 0.0430. The molecule has 1 atom stereocenters. The fourth-order valence-corrected chi connectivity index (χ4v) is 2.63. The van der Waals surface area contributed by atoms with Gasteiger partial charge >= 0.3 is 0 Å².